The first-order chi connectivity index (χ1) is 9.04. The standard InChI is InChI=1S/C16H30O3Si/c1-12-8-9-15(14(12)10-11-18-13(2)17)19-20(6,7)16(3,4)5/h10,12,15H,8-9,11H2,1-7H3/b14-10+/t12-,15+/m1/s1. The SMILES string of the molecule is CC(=O)OC/C=C1\[C@H](C)CC[C@@H]1O[Si](C)(C)C(C)(C)C. The van der Waals surface area contributed by atoms with E-state index in [1.807, 2.05) is 0 Å². The predicted octanol–water partition coefficient (Wildman–Crippen LogP) is 4.30. The van der Waals surface area contributed by atoms with Crippen molar-refractivity contribution in [3.63, 3.8) is 0 Å². The maximum Gasteiger partial charge on any atom is 0.302 e. The predicted molar refractivity (Wildman–Crippen MR) is 85.2 cm³/mol. The van der Waals surface area contributed by atoms with Gasteiger partial charge in [0.2, 0.25) is 0 Å². The average molecular weight is 298 g/mol. The fraction of sp³-hybridized carbons (Fsp3) is 0.812. The summed E-state index contributed by atoms with van der Waals surface area (Å²) in [5.74, 6) is 0.301. The lowest BCUT2D eigenvalue weighted by atomic mass is 10.0. The van der Waals surface area contributed by atoms with Crippen molar-refractivity contribution in [3.05, 3.63) is 11.6 Å². The second-order valence-electron chi connectivity index (χ2n) is 7.35. The van der Waals surface area contributed by atoms with E-state index in [2.05, 4.69) is 46.9 Å². The summed E-state index contributed by atoms with van der Waals surface area (Å²) in [4.78, 5) is 10.9. The van der Waals surface area contributed by atoms with Gasteiger partial charge >= 0.3 is 5.97 Å². The number of ether oxygens (including phenoxy) is 1. The third-order valence-corrected chi connectivity index (χ3v) is 9.14. The molecule has 0 radical (unpaired) electrons. The largest absolute Gasteiger partial charge is 0.462 e. The van der Waals surface area contributed by atoms with Gasteiger partial charge in [0.15, 0.2) is 8.32 Å². The van der Waals surface area contributed by atoms with Crippen LogP contribution >= 0.6 is 0 Å². The molecule has 0 bridgehead atoms. The molecule has 0 N–H and O–H groups in total. The summed E-state index contributed by atoms with van der Waals surface area (Å²) in [6.07, 6.45) is 4.50. The van der Waals surface area contributed by atoms with Crippen molar-refractivity contribution in [3.8, 4) is 0 Å². The Bertz CT molecular complexity index is 380. The van der Waals surface area contributed by atoms with Gasteiger partial charge in [-0.3, -0.25) is 4.79 Å². The molecule has 1 aliphatic rings. The molecule has 0 aromatic rings. The van der Waals surface area contributed by atoms with Crippen LogP contribution in [0.2, 0.25) is 18.1 Å². The van der Waals surface area contributed by atoms with Gasteiger partial charge < -0.3 is 9.16 Å². The van der Waals surface area contributed by atoms with E-state index >= 15 is 0 Å². The van der Waals surface area contributed by atoms with Crippen molar-refractivity contribution in [1.82, 2.24) is 0 Å². The monoisotopic (exact) mass is 298 g/mol. The van der Waals surface area contributed by atoms with Crippen LogP contribution in [0.1, 0.15) is 47.5 Å². The molecular formula is C16H30O3Si. The Kier molecular flexibility index (Phi) is 5.61. The van der Waals surface area contributed by atoms with Crippen LogP contribution in [0.4, 0.5) is 0 Å². The van der Waals surface area contributed by atoms with Crippen LogP contribution < -0.4 is 0 Å². The molecule has 1 aliphatic carbocycles. The van der Waals surface area contributed by atoms with E-state index in [1.54, 1.807) is 0 Å². The molecule has 1 rings (SSSR count). The van der Waals surface area contributed by atoms with E-state index in [0.29, 0.717) is 12.5 Å². The molecule has 0 amide bonds. The highest BCUT2D eigenvalue weighted by molar-refractivity contribution is 6.74. The molecule has 0 aliphatic heterocycles. The zero-order valence-corrected chi connectivity index (χ0v) is 15.1. The molecule has 116 valence electrons. The smallest absolute Gasteiger partial charge is 0.302 e. The van der Waals surface area contributed by atoms with E-state index in [1.165, 1.54) is 12.5 Å². The van der Waals surface area contributed by atoms with E-state index in [-0.39, 0.29) is 17.1 Å². The molecule has 0 aromatic heterocycles. The van der Waals surface area contributed by atoms with Crippen LogP contribution in [0.3, 0.4) is 0 Å². The van der Waals surface area contributed by atoms with E-state index in [0.717, 1.165) is 12.8 Å². The number of carbonyl (C=O) groups is 1. The third kappa shape index (κ3) is 4.45. The summed E-state index contributed by atoms with van der Waals surface area (Å²) in [7, 11) is -1.75. The van der Waals surface area contributed by atoms with Crippen LogP contribution in [0.15, 0.2) is 11.6 Å². The van der Waals surface area contributed by atoms with Crippen LogP contribution in [0.5, 0.6) is 0 Å². The molecule has 0 unspecified atom stereocenters. The third-order valence-electron chi connectivity index (χ3n) is 4.65. The van der Waals surface area contributed by atoms with Crippen molar-refractivity contribution < 1.29 is 14.0 Å². The van der Waals surface area contributed by atoms with Gasteiger partial charge in [0.05, 0.1) is 6.10 Å². The maximum absolute atomic E-state index is 10.9. The van der Waals surface area contributed by atoms with Gasteiger partial charge in [0.25, 0.3) is 0 Å². The molecule has 0 spiro atoms. The van der Waals surface area contributed by atoms with E-state index in [4.69, 9.17) is 9.16 Å². The van der Waals surface area contributed by atoms with Gasteiger partial charge in [-0.15, -0.1) is 0 Å². The molecule has 1 saturated carbocycles. The number of carbonyl (C=O) groups excluding carboxylic acids is 1. The zero-order valence-electron chi connectivity index (χ0n) is 14.1. The molecule has 20 heavy (non-hydrogen) atoms. The zero-order chi connectivity index (χ0) is 15.6. The fourth-order valence-corrected chi connectivity index (χ4v) is 3.62. The van der Waals surface area contributed by atoms with Crippen molar-refractivity contribution >= 4 is 14.3 Å². The Morgan fingerprint density at radius 1 is 1.35 bits per heavy atom. The lowest BCUT2D eigenvalue weighted by Crippen LogP contribution is -2.43. The lowest BCUT2D eigenvalue weighted by molar-refractivity contribution is -0.139. The summed E-state index contributed by atoms with van der Waals surface area (Å²) in [6.45, 7) is 15.4. The highest BCUT2D eigenvalue weighted by atomic mass is 28.4. The summed E-state index contributed by atoms with van der Waals surface area (Å²) in [5, 5.41) is 0.222. The fourth-order valence-electron chi connectivity index (χ4n) is 2.30. The first-order valence-electron chi connectivity index (χ1n) is 7.55. The van der Waals surface area contributed by atoms with E-state index in [9.17, 15) is 4.79 Å². The van der Waals surface area contributed by atoms with Gasteiger partial charge in [0, 0.05) is 6.92 Å². The molecule has 4 heteroatoms. The topological polar surface area (TPSA) is 35.5 Å². The Morgan fingerprint density at radius 2 is 1.95 bits per heavy atom. The van der Waals surface area contributed by atoms with Gasteiger partial charge in [0.1, 0.15) is 6.61 Å². The molecule has 3 nitrogen and oxygen atoms in total. The summed E-state index contributed by atoms with van der Waals surface area (Å²) >= 11 is 0. The van der Waals surface area contributed by atoms with Gasteiger partial charge in [-0.25, -0.2) is 0 Å². The Balaban J connectivity index is 2.76. The first-order valence-corrected chi connectivity index (χ1v) is 10.5. The Hall–Kier alpha value is -0.613. The normalized spacial score (nSPS) is 26.1. The van der Waals surface area contributed by atoms with Crippen LogP contribution in [-0.4, -0.2) is 27.0 Å². The minimum atomic E-state index is -1.75. The number of esters is 1. The Labute approximate surface area is 124 Å². The molecular weight excluding hydrogens is 268 g/mol. The quantitative estimate of drug-likeness (QED) is 0.441. The molecule has 2 atom stereocenters. The number of rotatable bonds is 4. The highest BCUT2D eigenvalue weighted by Crippen LogP contribution is 2.42. The van der Waals surface area contributed by atoms with Gasteiger partial charge in [-0.05, 0) is 48.5 Å². The van der Waals surface area contributed by atoms with Crippen LogP contribution in [0.25, 0.3) is 0 Å². The minimum Gasteiger partial charge on any atom is -0.462 e. The summed E-state index contributed by atoms with van der Waals surface area (Å²) in [6, 6.07) is 0. The van der Waals surface area contributed by atoms with Crippen molar-refractivity contribution in [2.45, 2.75) is 71.7 Å². The lowest BCUT2D eigenvalue weighted by Gasteiger charge is -2.39. The first kappa shape index (κ1) is 17.4. The second-order valence-corrected chi connectivity index (χ2v) is 12.1. The maximum atomic E-state index is 10.9. The molecule has 0 aromatic carbocycles. The van der Waals surface area contributed by atoms with Crippen LogP contribution in [-0.2, 0) is 14.0 Å². The van der Waals surface area contributed by atoms with Crippen molar-refractivity contribution in [2.75, 3.05) is 6.61 Å². The summed E-state index contributed by atoms with van der Waals surface area (Å²) in [5.41, 5.74) is 1.32. The second kappa shape index (κ2) is 6.44. The number of hydrogen-bond donors (Lipinski definition) is 0. The van der Waals surface area contributed by atoms with Gasteiger partial charge in [-0.2, -0.15) is 0 Å². The number of hydrogen-bond acceptors (Lipinski definition) is 3. The van der Waals surface area contributed by atoms with Crippen LogP contribution in [0, 0.1) is 5.92 Å². The minimum absolute atomic E-state index is 0.210. The molecule has 0 saturated heterocycles. The average Bonchev–Trinajstić information content (AvgIpc) is 2.58. The van der Waals surface area contributed by atoms with Crippen molar-refractivity contribution in [1.29, 1.82) is 0 Å². The van der Waals surface area contributed by atoms with Crippen molar-refractivity contribution in [2.24, 2.45) is 5.92 Å². The van der Waals surface area contributed by atoms with E-state index < -0.39 is 8.32 Å². The highest BCUT2D eigenvalue weighted by Gasteiger charge is 2.41. The Morgan fingerprint density at radius 3 is 2.45 bits per heavy atom. The molecule has 0 heterocycles. The summed E-state index contributed by atoms with van der Waals surface area (Å²) < 4.78 is 11.6. The molecule has 1 fully saturated rings. The van der Waals surface area contributed by atoms with Gasteiger partial charge in [-0.1, -0.05) is 27.7 Å².